The molecule has 0 amide bonds. The molecule has 1 atom stereocenters. The smallest absolute Gasteiger partial charge is 0.0772 e. The van der Waals surface area contributed by atoms with E-state index in [0.717, 1.165) is 30.5 Å². The maximum absolute atomic E-state index is 5.41. The third kappa shape index (κ3) is 4.60. The SMILES string of the molecule is COCCN(Cc1ccc(C#CCN)s1)C(C)C1CC1. The third-order valence-electron chi connectivity index (χ3n) is 3.80. The van der Waals surface area contributed by atoms with E-state index >= 15 is 0 Å². The number of rotatable bonds is 7. The van der Waals surface area contributed by atoms with Gasteiger partial charge in [-0.1, -0.05) is 11.8 Å². The van der Waals surface area contributed by atoms with Crippen LogP contribution in [0.3, 0.4) is 0 Å². The van der Waals surface area contributed by atoms with Crippen LogP contribution in [0.1, 0.15) is 29.5 Å². The first-order chi connectivity index (χ1) is 9.74. The van der Waals surface area contributed by atoms with Crippen molar-refractivity contribution in [1.82, 2.24) is 4.90 Å². The van der Waals surface area contributed by atoms with Gasteiger partial charge in [-0.15, -0.1) is 11.3 Å². The van der Waals surface area contributed by atoms with Gasteiger partial charge >= 0.3 is 0 Å². The minimum atomic E-state index is 0.423. The van der Waals surface area contributed by atoms with Gasteiger partial charge in [0.15, 0.2) is 0 Å². The summed E-state index contributed by atoms with van der Waals surface area (Å²) in [6.45, 7) is 5.55. The van der Waals surface area contributed by atoms with E-state index in [1.165, 1.54) is 17.7 Å². The van der Waals surface area contributed by atoms with Gasteiger partial charge in [-0.25, -0.2) is 0 Å². The molecule has 0 aromatic carbocycles. The summed E-state index contributed by atoms with van der Waals surface area (Å²) in [4.78, 5) is 5.01. The molecule has 1 heterocycles. The Morgan fingerprint density at radius 1 is 1.50 bits per heavy atom. The molecule has 0 bridgehead atoms. The Morgan fingerprint density at radius 2 is 2.30 bits per heavy atom. The van der Waals surface area contributed by atoms with Gasteiger partial charge in [0, 0.05) is 31.1 Å². The second-order valence-corrected chi connectivity index (χ2v) is 6.48. The van der Waals surface area contributed by atoms with Crippen LogP contribution in [0.2, 0.25) is 0 Å². The summed E-state index contributed by atoms with van der Waals surface area (Å²) in [5.74, 6) is 6.89. The average molecular weight is 292 g/mol. The number of hydrogen-bond acceptors (Lipinski definition) is 4. The first kappa shape index (κ1) is 15.5. The quantitative estimate of drug-likeness (QED) is 0.784. The fraction of sp³-hybridized carbons (Fsp3) is 0.625. The summed E-state index contributed by atoms with van der Waals surface area (Å²) in [5, 5.41) is 0. The Balaban J connectivity index is 1.96. The van der Waals surface area contributed by atoms with Crippen molar-refractivity contribution in [2.75, 3.05) is 26.8 Å². The van der Waals surface area contributed by atoms with E-state index in [2.05, 4.69) is 35.8 Å². The molecule has 1 aliphatic rings. The first-order valence-electron chi connectivity index (χ1n) is 7.25. The number of methoxy groups -OCH3 is 1. The van der Waals surface area contributed by atoms with E-state index in [4.69, 9.17) is 10.5 Å². The molecule has 1 saturated carbocycles. The van der Waals surface area contributed by atoms with Crippen molar-refractivity contribution in [3.63, 3.8) is 0 Å². The normalized spacial score (nSPS) is 16.0. The number of thiophene rings is 1. The van der Waals surface area contributed by atoms with Gasteiger partial charge in [0.1, 0.15) is 0 Å². The van der Waals surface area contributed by atoms with Gasteiger partial charge < -0.3 is 10.5 Å². The summed E-state index contributed by atoms with van der Waals surface area (Å²) in [6.07, 6.45) is 2.75. The molecule has 1 aliphatic carbocycles. The minimum absolute atomic E-state index is 0.423. The summed E-state index contributed by atoms with van der Waals surface area (Å²) >= 11 is 1.77. The van der Waals surface area contributed by atoms with Crippen LogP contribution >= 0.6 is 11.3 Å². The van der Waals surface area contributed by atoms with Crippen LogP contribution in [0.25, 0.3) is 0 Å². The Kier molecular flexibility index (Phi) is 6.06. The highest BCUT2D eigenvalue weighted by Gasteiger charge is 2.31. The van der Waals surface area contributed by atoms with E-state index in [1.54, 1.807) is 18.4 Å². The van der Waals surface area contributed by atoms with E-state index in [0.29, 0.717) is 12.6 Å². The zero-order chi connectivity index (χ0) is 14.4. The Labute approximate surface area is 126 Å². The molecule has 1 unspecified atom stereocenters. The maximum Gasteiger partial charge on any atom is 0.0772 e. The molecule has 0 aliphatic heterocycles. The van der Waals surface area contributed by atoms with Crippen molar-refractivity contribution in [1.29, 1.82) is 0 Å². The second kappa shape index (κ2) is 7.80. The first-order valence-corrected chi connectivity index (χ1v) is 8.07. The minimum Gasteiger partial charge on any atom is -0.383 e. The molecule has 0 spiro atoms. The highest BCUT2D eigenvalue weighted by Crippen LogP contribution is 2.35. The van der Waals surface area contributed by atoms with E-state index in [9.17, 15) is 0 Å². The van der Waals surface area contributed by atoms with Crippen molar-refractivity contribution in [3.05, 3.63) is 21.9 Å². The number of hydrogen-bond donors (Lipinski definition) is 1. The highest BCUT2D eigenvalue weighted by atomic mass is 32.1. The second-order valence-electron chi connectivity index (χ2n) is 5.31. The molecule has 2 rings (SSSR count). The van der Waals surface area contributed by atoms with Crippen LogP contribution in [0.5, 0.6) is 0 Å². The van der Waals surface area contributed by atoms with Crippen molar-refractivity contribution < 1.29 is 4.74 Å². The van der Waals surface area contributed by atoms with Gasteiger partial charge in [-0.05, 0) is 37.8 Å². The zero-order valence-corrected chi connectivity index (χ0v) is 13.2. The predicted molar refractivity (Wildman–Crippen MR) is 84.7 cm³/mol. The Bertz CT molecular complexity index is 470. The van der Waals surface area contributed by atoms with Gasteiger partial charge in [-0.3, -0.25) is 4.90 Å². The highest BCUT2D eigenvalue weighted by molar-refractivity contribution is 7.12. The molecule has 0 saturated heterocycles. The van der Waals surface area contributed by atoms with Crippen molar-refractivity contribution in [2.45, 2.75) is 32.4 Å². The molecule has 1 aromatic rings. The number of nitrogens with zero attached hydrogens (tertiary/aromatic N) is 1. The third-order valence-corrected chi connectivity index (χ3v) is 4.78. The summed E-state index contributed by atoms with van der Waals surface area (Å²) in [7, 11) is 1.77. The molecule has 4 heteroatoms. The van der Waals surface area contributed by atoms with Gasteiger partial charge in [0.2, 0.25) is 0 Å². The fourth-order valence-corrected chi connectivity index (χ4v) is 3.29. The molecule has 2 N–H and O–H groups in total. The molecule has 1 aromatic heterocycles. The van der Waals surface area contributed by atoms with Crippen molar-refractivity contribution in [2.24, 2.45) is 11.7 Å². The van der Waals surface area contributed by atoms with E-state index in [1.807, 2.05) is 0 Å². The lowest BCUT2D eigenvalue weighted by Crippen LogP contribution is -2.36. The van der Waals surface area contributed by atoms with Crippen molar-refractivity contribution in [3.8, 4) is 11.8 Å². The van der Waals surface area contributed by atoms with Crippen LogP contribution < -0.4 is 5.73 Å². The fourth-order valence-electron chi connectivity index (χ4n) is 2.38. The largest absolute Gasteiger partial charge is 0.383 e. The molecule has 0 radical (unpaired) electrons. The lowest BCUT2D eigenvalue weighted by Gasteiger charge is -2.28. The monoisotopic (exact) mass is 292 g/mol. The van der Waals surface area contributed by atoms with Crippen LogP contribution in [-0.2, 0) is 11.3 Å². The molecule has 110 valence electrons. The average Bonchev–Trinajstić information content (AvgIpc) is 3.21. The maximum atomic E-state index is 5.41. The predicted octanol–water partition coefficient (Wildman–Crippen LogP) is 2.31. The Morgan fingerprint density at radius 3 is 2.95 bits per heavy atom. The zero-order valence-electron chi connectivity index (χ0n) is 12.4. The van der Waals surface area contributed by atoms with E-state index < -0.39 is 0 Å². The van der Waals surface area contributed by atoms with Crippen molar-refractivity contribution >= 4 is 11.3 Å². The van der Waals surface area contributed by atoms with Crippen LogP contribution in [-0.4, -0.2) is 37.7 Å². The molecule has 3 nitrogen and oxygen atoms in total. The molecule has 20 heavy (non-hydrogen) atoms. The molecule has 1 fully saturated rings. The topological polar surface area (TPSA) is 38.5 Å². The molecular weight excluding hydrogens is 268 g/mol. The summed E-state index contributed by atoms with van der Waals surface area (Å²) in [5.41, 5.74) is 5.41. The number of ether oxygens (including phenoxy) is 1. The number of nitrogens with two attached hydrogens (primary N) is 1. The van der Waals surface area contributed by atoms with Crippen LogP contribution in [0, 0.1) is 17.8 Å². The van der Waals surface area contributed by atoms with Gasteiger partial charge in [0.25, 0.3) is 0 Å². The van der Waals surface area contributed by atoms with Crippen LogP contribution in [0.4, 0.5) is 0 Å². The van der Waals surface area contributed by atoms with Crippen LogP contribution in [0.15, 0.2) is 12.1 Å². The van der Waals surface area contributed by atoms with Gasteiger partial charge in [0.05, 0.1) is 18.0 Å². The summed E-state index contributed by atoms with van der Waals surface area (Å²) < 4.78 is 5.24. The van der Waals surface area contributed by atoms with Gasteiger partial charge in [-0.2, -0.15) is 0 Å². The molecular formula is C16H24N2OS. The Hall–Kier alpha value is -0.860. The standard InChI is InChI=1S/C16H24N2OS/c1-13(14-5-6-14)18(10-11-19-2)12-16-8-7-15(20-16)4-3-9-17/h7-8,13-14H,5-6,9-12,17H2,1-2H3. The summed E-state index contributed by atoms with van der Waals surface area (Å²) in [6, 6.07) is 4.93. The van der Waals surface area contributed by atoms with E-state index in [-0.39, 0.29) is 0 Å². The lowest BCUT2D eigenvalue weighted by atomic mass is 10.2. The lowest BCUT2D eigenvalue weighted by molar-refractivity contribution is 0.112.